The summed E-state index contributed by atoms with van der Waals surface area (Å²) in [6, 6.07) is 7.30. The van der Waals surface area contributed by atoms with Crippen LogP contribution in [0.1, 0.15) is 18.4 Å². The molecule has 15 heavy (non-hydrogen) atoms. The van der Waals surface area contributed by atoms with E-state index in [1.54, 1.807) is 19.2 Å². The topological polar surface area (TPSA) is 32.7 Å². The van der Waals surface area contributed by atoms with E-state index in [0.29, 0.717) is 5.02 Å². The molecule has 1 unspecified atom stereocenters. The molecule has 3 nitrogen and oxygen atoms in total. The van der Waals surface area contributed by atoms with Crippen LogP contribution in [0.25, 0.3) is 0 Å². The molecule has 0 saturated carbocycles. The maximum atomic E-state index is 11.8. The van der Waals surface area contributed by atoms with Gasteiger partial charge in [-0.1, -0.05) is 23.7 Å². The number of rotatable bonds is 1. The Bertz CT molecular complexity index is 425. The summed E-state index contributed by atoms with van der Waals surface area (Å²) in [6.45, 7) is 1.86. The largest absolute Gasteiger partial charge is 0.272 e. The maximum Gasteiger partial charge on any atom is 0.255 e. The lowest BCUT2D eigenvalue weighted by Crippen LogP contribution is -2.22. The highest BCUT2D eigenvalue weighted by molar-refractivity contribution is 6.30. The van der Waals surface area contributed by atoms with E-state index < -0.39 is 0 Å². The van der Waals surface area contributed by atoms with Gasteiger partial charge in [0.2, 0.25) is 0 Å². The lowest BCUT2D eigenvalue weighted by atomic mass is 9.95. The van der Waals surface area contributed by atoms with Crippen molar-refractivity contribution < 1.29 is 4.79 Å². The minimum Gasteiger partial charge on any atom is -0.272 e. The van der Waals surface area contributed by atoms with Gasteiger partial charge in [0.15, 0.2) is 0 Å². The van der Waals surface area contributed by atoms with E-state index in [1.165, 1.54) is 5.01 Å². The van der Waals surface area contributed by atoms with Crippen molar-refractivity contribution in [3.63, 3.8) is 0 Å². The molecule has 2 rings (SSSR count). The summed E-state index contributed by atoms with van der Waals surface area (Å²) in [7, 11) is 1.67. The normalized spacial score (nSPS) is 20.7. The van der Waals surface area contributed by atoms with Gasteiger partial charge in [-0.05, 0) is 24.6 Å². The van der Waals surface area contributed by atoms with Crippen LogP contribution in [0.15, 0.2) is 29.4 Å². The molecule has 0 radical (unpaired) electrons. The zero-order valence-corrected chi connectivity index (χ0v) is 9.32. The van der Waals surface area contributed by atoms with Gasteiger partial charge in [-0.2, -0.15) is 5.10 Å². The summed E-state index contributed by atoms with van der Waals surface area (Å²) in [4.78, 5) is 11.8. The molecule has 0 bridgehead atoms. The Morgan fingerprint density at radius 2 is 1.93 bits per heavy atom. The van der Waals surface area contributed by atoms with Gasteiger partial charge in [0.25, 0.3) is 5.91 Å². The van der Waals surface area contributed by atoms with Crippen LogP contribution in [0.5, 0.6) is 0 Å². The van der Waals surface area contributed by atoms with Crippen LogP contribution in [-0.4, -0.2) is 23.7 Å². The number of hydrogen-bond acceptors (Lipinski definition) is 2. The highest BCUT2D eigenvalue weighted by Crippen LogP contribution is 2.26. The van der Waals surface area contributed by atoms with Crippen LogP contribution < -0.4 is 0 Å². The number of hydrogen-bond donors (Lipinski definition) is 0. The Hall–Kier alpha value is -1.35. The maximum absolute atomic E-state index is 11.8. The van der Waals surface area contributed by atoms with E-state index >= 15 is 0 Å². The summed E-state index contributed by atoms with van der Waals surface area (Å²) >= 11 is 5.79. The Kier molecular flexibility index (Phi) is 2.49. The van der Waals surface area contributed by atoms with Gasteiger partial charge in [0.1, 0.15) is 5.92 Å². The average Bonchev–Trinajstić information content (AvgIpc) is 2.44. The Morgan fingerprint density at radius 1 is 1.33 bits per heavy atom. The lowest BCUT2D eigenvalue weighted by molar-refractivity contribution is -0.128. The Labute approximate surface area is 93.3 Å². The molecule has 0 saturated heterocycles. The van der Waals surface area contributed by atoms with Crippen LogP contribution in [0.3, 0.4) is 0 Å². The van der Waals surface area contributed by atoms with Gasteiger partial charge in [0, 0.05) is 12.1 Å². The first-order valence-electron chi connectivity index (χ1n) is 4.67. The standard InChI is InChI=1S/C11H11ClN2O/c1-7-10(11(15)14(2)13-7)8-3-5-9(12)6-4-8/h3-6,10H,1-2H3. The number of halogens is 1. The lowest BCUT2D eigenvalue weighted by Gasteiger charge is -2.10. The second kappa shape index (κ2) is 3.66. The fourth-order valence-electron chi connectivity index (χ4n) is 1.75. The van der Waals surface area contributed by atoms with Crippen molar-refractivity contribution in [2.45, 2.75) is 12.8 Å². The number of nitrogens with zero attached hydrogens (tertiary/aromatic N) is 2. The predicted molar refractivity (Wildman–Crippen MR) is 60.1 cm³/mol. The number of amides is 1. The van der Waals surface area contributed by atoms with Crippen LogP contribution in [0.4, 0.5) is 0 Å². The molecule has 1 aromatic carbocycles. The highest BCUT2D eigenvalue weighted by atomic mass is 35.5. The van der Waals surface area contributed by atoms with Gasteiger partial charge in [-0.15, -0.1) is 0 Å². The Morgan fingerprint density at radius 3 is 2.40 bits per heavy atom. The second-order valence-corrected chi connectivity index (χ2v) is 4.02. The molecular weight excluding hydrogens is 212 g/mol. The van der Waals surface area contributed by atoms with Crippen molar-refractivity contribution in [1.29, 1.82) is 0 Å². The van der Waals surface area contributed by atoms with E-state index in [-0.39, 0.29) is 11.8 Å². The third-order valence-corrected chi connectivity index (χ3v) is 2.75. The van der Waals surface area contributed by atoms with Crippen molar-refractivity contribution in [3.05, 3.63) is 34.9 Å². The zero-order chi connectivity index (χ0) is 11.0. The van der Waals surface area contributed by atoms with Gasteiger partial charge >= 0.3 is 0 Å². The number of hydrazone groups is 1. The number of likely N-dealkylation sites (N-methyl/N-ethyl adjacent to an activating group) is 1. The van der Waals surface area contributed by atoms with E-state index in [2.05, 4.69) is 5.10 Å². The van der Waals surface area contributed by atoms with Crippen molar-refractivity contribution in [2.24, 2.45) is 5.10 Å². The molecule has 1 aliphatic rings. The number of benzene rings is 1. The van der Waals surface area contributed by atoms with Crippen LogP contribution in [0, 0.1) is 0 Å². The molecule has 1 heterocycles. The van der Waals surface area contributed by atoms with Crippen molar-refractivity contribution >= 4 is 23.2 Å². The second-order valence-electron chi connectivity index (χ2n) is 3.59. The van der Waals surface area contributed by atoms with Gasteiger partial charge in [0.05, 0.1) is 5.71 Å². The average molecular weight is 223 g/mol. The fraction of sp³-hybridized carbons (Fsp3) is 0.273. The smallest absolute Gasteiger partial charge is 0.255 e. The highest BCUT2D eigenvalue weighted by Gasteiger charge is 2.32. The quantitative estimate of drug-likeness (QED) is 0.718. The van der Waals surface area contributed by atoms with Crippen LogP contribution >= 0.6 is 11.6 Å². The summed E-state index contributed by atoms with van der Waals surface area (Å²) in [5.41, 5.74) is 1.76. The SMILES string of the molecule is CC1=NN(C)C(=O)C1c1ccc(Cl)cc1. The Balaban J connectivity index is 2.36. The summed E-state index contributed by atoms with van der Waals surface area (Å²) in [5.74, 6) is -0.234. The number of carbonyl (C=O) groups is 1. The first-order valence-corrected chi connectivity index (χ1v) is 5.05. The van der Waals surface area contributed by atoms with E-state index in [4.69, 9.17) is 11.6 Å². The molecule has 0 aromatic heterocycles. The molecule has 0 fully saturated rings. The van der Waals surface area contributed by atoms with Crippen LogP contribution in [0.2, 0.25) is 5.02 Å². The molecule has 0 spiro atoms. The molecule has 1 aliphatic heterocycles. The molecule has 1 atom stereocenters. The van der Waals surface area contributed by atoms with Crippen molar-refractivity contribution in [3.8, 4) is 0 Å². The van der Waals surface area contributed by atoms with Gasteiger partial charge < -0.3 is 0 Å². The van der Waals surface area contributed by atoms with E-state index in [9.17, 15) is 4.79 Å². The minimum absolute atomic E-state index is 0.00909. The summed E-state index contributed by atoms with van der Waals surface area (Å²) in [6.07, 6.45) is 0. The van der Waals surface area contributed by atoms with E-state index in [0.717, 1.165) is 11.3 Å². The summed E-state index contributed by atoms with van der Waals surface area (Å²) in [5, 5.41) is 6.17. The van der Waals surface area contributed by atoms with Gasteiger partial charge in [-0.3, -0.25) is 4.79 Å². The molecule has 4 heteroatoms. The molecular formula is C11H11ClN2O. The first-order chi connectivity index (χ1) is 7.09. The third-order valence-electron chi connectivity index (χ3n) is 2.49. The van der Waals surface area contributed by atoms with Crippen molar-refractivity contribution in [1.82, 2.24) is 5.01 Å². The van der Waals surface area contributed by atoms with E-state index in [1.807, 2.05) is 19.1 Å². The molecule has 0 aliphatic carbocycles. The molecule has 0 N–H and O–H groups in total. The van der Waals surface area contributed by atoms with Crippen LogP contribution in [-0.2, 0) is 4.79 Å². The van der Waals surface area contributed by atoms with Gasteiger partial charge in [-0.25, -0.2) is 5.01 Å². The molecule has 1 amide bonds. The summed E-state index contributed by atoms with van der Waals surface area (Å²) < 4.78 is 0. The minimum atomic E-state index is -0.243. The zero-order valence-electron chi connectivity index (χ0n) is 8.57. The fourth-order valence-corrected chi connectivity index (χ4v) is 1.87. The first kappa shape index (κ1) is 10.2. The monoisotopic (exact) mass is 222 g/mol. The molecule has 78 valence electrons. The predicted octanol–water partition coefficient (Wildman–Crippen LogP) is 2.27. The number of carbonyl (C=O) groups excluding carboxylic acids is 1. The third kappa shape index (κ3) is 1.75. The molecule has 1 aromatic rings. The van der Waals surface area contributed by atoms with Crippen molar-refractivity contribution in [2.75, 3.05) is 7.05 Å².